The average Bonchev–Trinajstić information content (AvgIpc) is 3.17. The Bertz CT molecular complexity index is 323. The van der Waals surface area contributed by atoms with E-state index in [1.165, 1.54) is 32.1 Å². The Hall–Kier alpha value is -0.610. The second kappa shape index (κ2) is 5.80. The van der Waals surface area contributed by atoms with Crippen molar-refractivity contribution in [3.63, 3.8) is 0 Å². The fourth-order valence-electron chi connectivity index (χ4n) is 3.68. The van der Waals surface area contributed by atoms with Crippen LogP contribution in [0.4, 0.5) is 0 Å². The zero-order chi connectivity index (χ0) is 13.2. The predicted octanol–water partition coefficient (Wildman–Crippen LogP) is 1.12. The fraction of sp³-hybridized carbons (Fsp3) is 0.933. The number of rotatable bonds is 4. The van der Waals surface area contributed by atoms with Crippen LogP contribution in [0.5, 0.6) is 0 Å². The largest absolute Gasteiger partial charge is 0.352 e. The third-order valence-corrected chi connectivity index (χ3v) is 5.07. The molecule has 4 heteroatoms. The zero-order valence-corrected chi connectivity index (χ0v) is 12.0. The molecule has 0 bridgehead atoms. The highest BCUT2D eigenvalue weighted by molar-refractivity contribution is 5.82. The van der Waals surface area contributed by atoms with Crippen LogP contribution in [0.15, 0.2) is 0 Å². The topological polar surface area (TPSA) is 44.4 Å². The lowest BCUT2D eigenvalue weighted by Gasteiger charge is -2.35. The molecule has 19 heavy (non-hydrogen) atoms. The lowest BCUT2D eigenvalue weighted by molar-refractivity contribution is -0.127. The summed E-state index contributed by atoms with van der Waals surface area (Å²) >= 11 is 0. The van der Waals surface area contributed by atoms with Gasteiger partial charge >= 0.3 is 0 Å². The summed E-state index contributed by atoms with van der Waals surface area (Å²) in [6.07, 6.45) is 7.21. The monoisotopic (exact) mass is 265 g/mol. The van der Waals surface area contributed by atoms with Gasteiger partial charge < -0.3 is 10.6 Å². The Morgan fingerprint density at radius 1 is 1.21 bits per heavy atom. The Kier molecular flexibility index (Phi) is 4.08. The van der Waals surface area contributed by atoms with Crippen LogP contribution in [0.2, 0.25) is 0 Å². The van der Waals surface area contributed by atoms with Crippen LogP contribution in [0, 0.1) is 5.92 Å². The van der Waals surface area contributed by atoms with E-state index in [1.54, 1.807) is 0 Å². The lowest BCUT2D eigenvalue weighted by Crippen LogP contribution is -2.52. The van der Waals surface area contributed by atoms with Gasteiger partial charge in [0.15, 0.2) is 0 Å². The number of nitrogens with one attached hydrogen (secondary N) is 2. The van der Waals surface area contributed by atoms with Crippen LogP contribution >= 0.6 is 0 Å². The number of amides is 1. The third kappa shape index (κ3) is 3.11. The van der Waals surface area contributed by atoms with E-state index in [0.717, 1.165) is 32.0 Å². The van der Waals surface area contributed by atoms with Crippen molar-refractivity contribution >= 4 is 5.91 Å². The first kappa shape index (κ1) is 13.4. The second-order valence-corrected chi connectivity index (χ2v) is 6.51. The highest BCUT2D eigenvalue weighted by Gasteiger charge is 2.37. The summed E-state index contributed by atoms with van der Waals surface area (Å²) in [5, 5.41) is 6.67. The van der Waals surface area contributed by atoms with Crippen molar-refractivity contribution < 1.29 is 4.79 Å². The highest BCUT2D eigenvalue weighted by Crippen LogP contribution is 2.32. The Morgan fingerprint density at radius 2 is 1.95 bits per heavy atom. The first-order valence-electron chi connectivity index (χ1n) is 8.02. The molecule has 2 heterocycles. The molecule has 3 rings (SSSR count). The number of piperidine rings is 1. The van der Waals surface area contributed by atoms with Gasteiger partial charge in [0.25, 0.3) is 0 Å². The maximum absolute atomic E-state index is 12.5. The molecule has 3 aliphatic rings. The molecular formula is C15H27N3O. The van der Waals surface area contributed by atoms with Crippen molar-refractivity contribution in [3.8, 4) is 0 Å². The summed E-state index contributed by atoms with van der Waals surface area (Å²) in [6, 6.07) is 1.14. The van der Waals surface area contributed by atoms with Gasteiger partial charge in [-0.15, -0.1) is 0 Å². The van der Waals surface area contributed by atoms with E-state index in [1.807, 2.05) is 0 Å². The first-order valence-corrected chi connectivity index (χ1v) is 8.02. The fourth-order valence-corrected chi connectivity index (χ4v) is 3.68. The molecule has 2 atom stereocenters. The van der Waals surface area contributed by atoms with E-state index in [4.69, 9.17) is 0 Å². The number of carbonyl (C=O) groups excluding carboxylic acids is 1. The van der Waals surface area contributed by atoms with Crippen molar-refractivity contribution in [2.45, 2.75) is 63.6 Å². The molecule has 0 aromatic rings. The summed E-state index contributed by atoms with van der Waals surface area (Å²) in [7, 11) is 0. The third-order valence-electron chi connectivity index (χ3n) is 5.07. The summed E-state index contributed by atoms with van der Waals surface area (Å²) in [5.74, 6) is 1.04. The number of hydrogen-bond acceptors (Lipinski definition) is 3. The Morgan fingerprint density at radius 3 is 2.63 bits per heavy atom. The summed E-state index contributed by atoms with van der Waals surface area (Å²) in [5.41, 5.74) is 0. The number of carbonyl (C=O) groups is 1. The van der Waals surface area contributed by atoms with Gasteiger partial charge in [0, 0.05) is 12.1 Å². The predicted molar refractivity (Wildman–Crippen MR) is 75.9 cm³/mol. The van der Waals surface area contributed by atoms with Gasteiger partial charge in [0.05, 0.1) is 6.04 Å². The maximum atomic E-state index is 12.5. The van der Waals surface area contributed by atoms with Crippen molar-refractivity contribution in [2.24, 2.45) is 5.92 Å². The summed E-state index contributed by atoms with van der Waals surface area (Å²) < 4.78 is 0. The molecule has 0 radical (unpaired) electrons. The first-order chi connectivity index (χ1) is 9.25. The van der Waals surface area contributed by atoms with Gasteiger partial charge in [-0.1, -0.05) is 0 Å². The molecule has 1 aliphatic carbocycles. The molecule has 4 nitrogen and oxygen atoms in total. The molecule has 108 valence electrons. The van der Waals surface area contributed by atoms with Gasteiger partial charge in [0.2, 0.25) is 5.91 Å². The smallest absolute Gasteiger partial charge is 0.237 e. The molecule has 3 fully saturated rings. The average molecular weight is 265 g/mol. The van der Waals surface area contributed by atoms with Crippen LogP contribution in [0.1, 0.15) is 45.4 Å². The van der Waals surface area contributed by atoms with Crippen LogP contribution in [0.3, 0.4) is 0 Å². The highest BCUT2D eigenvalue weighted by atomic mass is 16.2. The molecule has 2 saturated heterocycles. The van der Waals surface area contributed by atoms with E-state index >= 15 is 0 Å². The molecule has 2 unspecified atom stereocenters. The SMILES string of the molecule is CC(NC(=O)C1CCCN1C1CCNCC1)C1CC1. The van der Waals surface area contributed by atoms with Crippen molar-refractivity contribution in [1.82, 2.24) is 15.5 Å². The molecule has 1 amide bonds. The van der Waals surface area contributed by atoms with Crippen LogP contribution in [-0.4, -0.2) is 48.6 Å². The number of nitrogens with zero attached hydrogens (tertiary/aromatic N) is 1. The second-order valence-electron chi connectivity index (χ2n) is 6.51. The zero-order valence-electron chi connectivity index (χ0n) is 12.0. The van der Waals surface area contributed by atoms with Crippen LogP contribution in [-0.2, 0) is 4.79 Å². The normalized spacial score (nSPS) is 31.3. The molecular weight excluding hydrogens is 238 g/mol. The minimum absolute atomic E-state index is 0.143. The van der Waals surface area contributed by atoms with E-state index in [0.29, 0.717) is 12.1 Å². The quantitative estimate of drug-likeness (QED) is 0.800. The van der Waals surface area contributed by atoms with Gasteiger partial charge in [-0.2, -0.15) is 0 Å². The van der Waals surface area contributed by atoms with Gasteiger partial charge in [0.1, 0.15) is 0 Å². The molecule has 0 aromatic carbocycles. The van der Waals surface area contributed by atoms with Crippen molar-refractivity contribution in [1.29, 1.82) is 0 Å². The van der Waals surface area contributed by atoms with Crippen LogP contribution in [0.25, 0.3) is 0 Å². The van der Waals surface area contributed by atoms with Gasteiger partial charge in [-0.05, 0) is 71.0 Å². The standard InChI is InChI=1S/C15H27N3O/c1-11(12-4-5-12)17-15(19)14-3-2-10-18(14)13-6-8-16-9-7-13/h11-14,16H,2-10H2,1H3,(H,17,19). The van der Waals surface area contributed by atoms with Gasteiger partial charge in [-0.25, -0.2) is 0 Å². The van der Waals surface area contributed by atoms with Crippen molar-refractivity contribution in [2.75, 3.05) is 19.6 Å². The number of hydrogen-bond donors (Lipinski definition) is 2. The van der Waals surface area contributed by atoms with E-state index in [9.17, 15) is 4.79 Å². The Balaban J connectivity index is 1.56. The van der Waals surface area contributed by atoms with Crippen molar-refractivity contribution in [3.05, 3.63) is 0 Å². The molecule has 0 aromatic heterocycles. The summed E-state index contributed by atoms with van der Waals surface area (Å²) in [6.45, 7) is 5.49. The lowest BCUT2D eigenvalue weighted by atomic mass is 10.0. The molecule has 2 aliphatic heterocycles. The van der Waals surface area contributed by atoms with E-state index in [-0.39, 0.29) is 11.9 Å². The Labute approximate surface area is 116 Å². The minimum Gasteiger partial charge on any atom is -0.352 e. The minimum atomic E-state index is 0.143. The summed E-state index contributed by atoms with van der Waals surface area (Å²) in [4.78, 5) is 15.0. The van der Waals surface area contributed by atoms with Gasteiger partial charge in [-0.3, -0.25) is 9.69 Å². The maximum Gasteiger partial charge on any atom is 0.237 e. The number of likely N-dealkylation sites (tertiary alicyclic amines) is 1. The molecule has 1 saturated carbocycles. The molecule has 2 N–H and O–H groups in total. The van der Waals surface area contributed by atoms with E-state index < -0.39 is 0 Å². The van der Waals surface area contributed by atoms with E-state index in [2.05, 4.69) is 22.5 Å². The van der Waals surface area contributed by atoms with Crippen LogP contribution < -0.4 is 10.6 Å². The molecule has 0 spiro atoms.